The molecule has 0 aliphatic rings. The summed E-state index contributed by atoms with van der Waals surface area (Å²) in [5.74, 6) is 1.31. The van der Waals surface area contributed by atoms with E-state index in [9.17, 15) is 0 Å². The van der Waals surface area contributed by atoms with E-state index in [2.05, 4.69) is 33.9 Å². The van der Waals surface area contributed by atoms with Crippen molar-refractivity contribution in [1.82, 2.24) is 29.0 Å². The molecule has 0 aliphatic heterocycles. The van der Waals surface area contributed by atoms with Crippen molar-refractivity contribution in [3.8, 4) is 11.4 Å². The molecule has 0 saturated heterocycles. The summed E-state index contributed by atoms with van der Waals surface area (Å²) in [6.07, 6.45) is 7.40. The van der Waals surface area contributed by atoms with E-state index in [0.29, 0.717) is 23.2 Å². The molecule has 4 rings (SSSR count). The molecule has 4 aromatic rings. The van der Waals surface area contributed by atoms with Gasteiger partial charge in [-0.05, 0) is 18.1 Å². The predicted octanol–water partition coefficient (Wildman–Crippen LogP) is 2.14. The van der Waals surface area contributed by atoms with Gasteiger partial charge in [0, 0.05) is 30.4 Å². The van der Waals surface area contributed by atoms with Crippen LogP contribution in [0.2, 0.25) is 0 Å². The van der Waals surface area contributed by atoms with E-state index in [1.54, 1.807) is 16.9 Å². The van der Waals surface area contributed by atoms with Gasteiger partial charge >= 0.3 is 0 Å². The Morgan fingerprint density at radius 2 is 2.00 bits per heavy atom. The maximum absolute atomic E-state index is 5.94. The molecule has 4 heterocycles. The molecule has 0 unspecified atom stereocenters. The number of aromatic nitrogens is 6. The summed E-state index contributed by atoms with van der Waals surface area (Å²) in [6, 6.07) is 3.91. The zero-order chi connectivity index (χ0) is 15.3. The number of hydrogen-bond donors (Lipinski definition) is 1. The summed E-state index contributed by atoms with van der Waals surface area (Å²) in [5, 5.41) is 4.44. The number of nitrogens with two attached hydrogens (primary N) is 1. The van der Waals surface area contributed by atoms with Gasteiger partial charge in [0.15, 0.2) is 17.3 Å². The molecule has 0 fully saturated rings. The quantitative estimate of drug-likeness (QED) is 0.612. The Balaban J connectivity index is 1.88. The average molecular weight is 293 g/mol. The first kappa shape index (κ1) is 12.8. The van der Waals surface area contributed by atoms with Gasteiger partial charge in [0.2, 0.25) is 0 Å². The molecule has 0 saturated carbocycles. The zero-order valence-corrected chi connectivity index (χ0v) is 12.3. The second kappa shape index (κ2) is 4.52. The molecule has 7 nitrogen and oxygen atoms in total. The van der Waals surface area contributed by atoms with Crippen molar-refractivity contribution in [1.29, 1.82) is 0 Å². The number of nitrogen functional groups attached to an aromatic ring is 1. The molecule has 22 heavy (non-hydrogen) atoms. The number of rotatable bonds is 2. The van der Waals surface area contributed by atoms with Gasteiger partial charge in [0.1, 0.15) is 5.65 Å². The normalized spacial score (nSPS) is 11.8. The van der Waals surface area contributed by atoms with E-state index < -0.39 is 0 Å². The third-order valence-electron chi connectivity index (χ3n) is 3.60. The molecule has 0 radical (unpaired) electrons. The lowest BCUT2D eigenvalue weighted by Gasteiger charge is -2.03. The predicted molar refractivity (Wildman–Crippen MR) is 83.5 cm³/mol. The fourth-order valence-corrected chi connectivity index (χ4v) is 2.39. The van der Waals surface area contributed by atoms with Crippen molar-refractivity contribution in [2.45, 2.75) is 19.8 Å². The van der Waals surface area contributed by atoms with Crippen LogP contribution in [-0.4, -0.2) is 29.0 Å². The number of hydrogen-bond acceptors (Lipinski definition) is 5. The fraction of sp³-hybridized carbons (Fsp3) is 0.200. The first-order chi connectivity index (χ1) is 10.6. The van der Waals surface area contributed by atoms with Gasteiger partial charge in [-0.1, -0.05) is 13.8 Å². The standard InChI is InChI=1S/C15H15N7/c1-9(2)11-8-21-7-10(3-4-12(21)18-11)14-19-13(16)15-17-5-6-22(15)20-14/h3-9H,1-2H3,(H2,16,19,20). The first-order valence-corrected chi connectivity index (χ1v) is 7.08. The van der Waals surface area contributed by atoms with Gasteiger partial charge in [-0.15, -0.1) is 5.10 Å². The molecule has 110 valence electrons. The molecular formula is C15H15N7. The van der Waals surface area contributed by atoms with Gasteiger partial charge in [-0.2, -0.15) is 0 Å². The lowest BCUT2D eigenvalue weighted by Crippen LogP contribution is -2.03. The highest BCUT2D eigenvalue weighted by Crippen LogP contribution is 2.20. The van der Waals surface area contributed by atoms with Crippen LogP contribution < -0.4 is 5.73 Å². The van der Waals surface area contributed by atoms with E-state index in [1.165, 1.54) is 0 Å². The Morgan fingerprint density at radius 3 is 2.82 bits per heavy atom. The van der Waals surface area contributed by atoms with Crippen LogP contribution in [0, 0.1) is 0 Å². The highest BCUT2D eigenvalue weighted by atomic mass is 15.3. The smallest absolute Gasteiger partial charge is 0.196 e. The highest BCUT2D eigenvalue weighted by molar-refractivity contribution is 5.64. The molecule has 0 amide bonds. The Morgan fingerprint density at radius 1 is 1.14 bits per heavy atom. The summed E-state index contributed by atoms with van der Waals surface area (Å²) in [6.45, 7) is 4.25. The molecular weight excluding hydrogens is 278 g/mol. The van der Waals surface area contributed by atoms with Gasteiger partial charge in [-0.25, -0.2) is 19.5 Å². The molecule has 0 atom stereocenters. The van der Waals surface area contributed by atoms with Crippen LogP contribution in [0.3, 0.4) is 0 Å². The molecule has 0 aliphatic carbocycles. The number of nitrogens with zero attached hydrogens (tertiary/aromatic N) is 6. The van der Waals surface area contributed by atoms with Gasteiger partial charge in [0.05, 0.1) is 5.69 Å². The van der Waals surface area contributed by atoms with Crippen LogP contribution >= 0.6 is 0 Å². The van der Waals surface area contributed by atoms with Crippen LogP contribution in [0.5, 0.6) is 0 Å². The van der Waals surface area contributed by atoms with Crippen LogP contribution in [0.25, 0.3) is 22.7 Å². The maximum Gasteiger partial charge on any atom is 0.196 e. The van der Waals surface area contributed by atoms with Crippen LogP contribution in [0.1, 0.15) is 25.5 Å². The summed E-state index contributed by atoms with van der Waals surface area (Å²) >= 11 is 0. The summed E-state index contributed by atoms with van der Waals surface area (Å²) < 4.78 is 3.62. The summed E-state index contributed by atoms with van der Waals surface area (Å²) in [4.78, 5) is 13.1. The van der Waals surface area contributed by atoms with Gasteiger partial charge in [0.25, 0.3) is 0 Å². The monoisotopic (exact) mass is 293 g/mol. The fourth-order valence-electron chi connectivity index (χ4n) is 2.39. The first-order valence-electron chi connectivity index (χ1n) is 7.08. The molecule has 0 spiro atoms. The van der Waals surface area contributed by atoms with Gasteiger partial charge < -0.3 is 10.1 Å². The Kier molecular flexibility index (Phi) is 2.62. The van der Waals surface area contributed by atoms with E-state index in [1.807, 2.05) is 28.9 Å². The second-order valence-electron chi connectivity index (χ2n) is 5.52. The molecule has 0 aromatic carbocycles. The second-order valence-corrected chi connectivity index (χ2v) is 5.52. The number of anilines is 1. The van der Waals surface area contributed by atoms with Crippen molar-refractivity contribution in [3.63, 3.8) is 0 Å². The topological polar surface area (TPSA) is 86.4 Å². The minimum atomic E-state index is 0.364. The lowest BCUT2D eigenvalue weighted by atomic mass is 10.2. The molecule has 4 aromatic heterocycles. The number of fused-ring (bicyclic) bond motifs is 2. The van der Waals surface area contributed by atoms with Crippen molar-refractivity contribution in [2.75, 3.05) is 5.73 Å². The minimum absolute atomic E-state index is 0.364. The minimum Gasteiger partial charge on any atom is -0.380 e. The van der Waals surface area contributed by atoms with E-state index in [-0.39, 0.29) is 0 Å². The average Bonchev–Trinajstić information content (AvgIpc) is 3.12. The van der Waals surface area contributed by atoms with Crippen LogP contribution in [0.4, 0.5) is 5.82 Å². The zero-order valence-electron chi connectivity index (χ0n) is 12.3. The third-order valence-corrected chi connectivity index (χ3v) is 3.60. The Bertz CT molecular complexity index is 980. The number of pyridine rings is 1. The summed E-state index contributed by atoms with van der Waals surface area (Å²) in [7, 11) is 0. The van der Waals surface area contributed by atoms with Crippen molar-refractivity contribution < 1.29 is 0 Å². The van der Waals surface area contributed by atoms with Crippen molar-refractivity contribution >= 4 is 17.1 Å². The lowest BCUT2D eigenvalue weighted by molar-refractivity contribution is 0.834. The van der Waals surface area contributed by atoms with Crippen molar-refractivity contribution in [3.05, 3.63) is 42.6 Å². The van der Waals surface area contributed by atoms with Gasteiger partial charge in [-0.3, -0.25) is 0 Å². The van der Waals surface area contributed by atoms with E-state index in [0.717, 1.165) is 16.9 Å². The molecule has 2 N–H and O–H groups in total. The van der Waals surface area contributed by atoms with Crippen LogP contribution in [0.15, 0.2) is 36.9 Å². The number of imidazole rings is 2. The van der Waals surface area contributed by atoms with Crippen molar-refractivity contribution in [2.24, 2.45) is 0 Å². The Labute approximate surface area is 126 Å². The molecule has 0 bridgehead atoms. The highest BCUT2D eigenvalue weighted by Gasteiger charge is 2.10. The van der Waals surface area contributed by atoms with E-state index >= 15 is 0 Å². The maximum atomic E-state index is 5.94. The molecule has 7 heteroatoms. The SMILES string of the molecule is CC(C)c1cn2cc(-c3nc(N)c4nccn4n3)ccc2n1. The Hall–Kier alpha value is -2.96. The summed E-state index contributed by atoms with van der Waals surface area (Å²) in [5.41, 5.74) is 9.35. The van der Waals surface area contributed by atoms with E-state index in [4.69, 9.17) is 5.73 Å². The third kappa shape index (κ3) is 1.90. The van der Waals surface area contributed by atoms with Crippen LogP contribution in [-0.2, 0) is 0 Å². The largest absolute Gasteiger partial charge is 0.380 e.